The minimum Gasteiger partial charge on any atom is -0.274 e. The number of carbonyl (C=O) groups excluding carboxylic acids is 2. The number of halogens is 1. The molecule has 3 nitrogen and oxygen atoms in total. The monoisotopic (exact) mass is 317 g/mol. The van der Waals surface area contributed by atoms with Gasteiger partial charge in [0, 0.05) is 4.47 Å². The van der Waals surface area contributed by atoms with Gasteiger partial charge in [-0.3, -0.25) is 14.5 Å². The molecule has 1 saturated heterocycles. The molecule has 4 atom stereocenters. The third-order valence-electron chi connectivity index (χ3n) is 4.56. The number of hydrogen-bond acceptors (Lipinski definition) is 2. The van der Waals surface area contributed by atoms with E-state index < -0.39 is 0 Å². The van der Waals surface area contributed by atoms with Crippen LogP contribution in [0.5, 0.6) is 0 Å². The number of imide groups is 1. The van der Waals surface area contributed by atoms with Gasteiger partial charge in [-0.2, -0.15) is 0 Å². The van der Waals surface area contributed by atoms with Crippen LogP contribution in [0.2, 0.25) is 0 Å². The highest BCUT2D eigenvalue weighted by atomic mass is 79.9. The molecule has 0 unspecified atom stereocenters. The van der Waals surface area contributed by atoms with Crippen LogP contribution in [0.25, 0.3) is 0 Å². The Hall–Kier alpha value is -1.42. The number of allylic oxidation sites excluding steroid dienone is 2. The molecule has 4 rings (SSSR count). The van der Waals surface area contributed by atoms with Gasteiger partial charge in [-0.1, -0.05) is 28.1 Å². The molecule has 0 aromatic heterocycles. The highest BCUT2D eigenvalue weighted by molar-refractivity contribution is 9.10. The third kappa shape index (κ3) is 1.43. The molecule has 2 fully saturated rings. The van der Waals surface area contributed by atoms with Crippen LogP contribution in [0.3, 0.4) is 0 Å². The van der Waals surface area contributed by atoms with Crippen LogP contribution in [-0.4, -0.2) is 11.8 Å². The van der Waals surface area contributed by atoms with Crippen LogP contribution < -0.4 is 4.90 Å². The number of hydrogen-bond donors (Lipinski definition) is 0. The molecule has 1 aliphatic heterocycles. The smallest absolute Gasteiger partial charge is 0.238 e. The summed E-state index contributed by atoms with van der Waals surface area (Å²) in [7, 11) is 0. The zero-order valence-electron chi connectivity index (χ0n) is 10.1. The topological polar surface area (TPSA) is 37.4 Å². The molecule has 2 bridgehead atoms. The molecule has 1 aromatic carbocycles. The van der Waals surface area contributed by atoms with Crippen molar-refractivity contribution in [3.63, 3.8) is 0 Å². The standard InChI is InChI=1S/C15H12BrNO2/c16-10-3-5-11(6-4-10)17-14(18)12-8-1-2-9(7-8)13(12)15(17)19/h1-6,8-9,12-13H,7H2/t8-,9-,12-,13-/m1/s1. The lowest BCUT2D eigenvalue weighted by atomic mass is 9.85. The van der Waals surface area contributed by atoms with E-state index in [-0.39, 0.29) is 35.5 Å². The Morgan fingerprint density at radius 1 is 0.947 bits per heavy atom. The van der Waals surface area contributed by atoms with Crippen LogP contribution in [-0.2, 0) is 9.59 Å². The molecule has 4 heteroatoms. The van der Waals surface area contributed by atoms with E-state index in [2.05, 4.69) is 28.1 Å². The molecule has 0 spiro atoms. The van der Waals surface area contributed by atoms with Crippen LogP contribution in [0.4, 0.5) is 5.69 Å². The quantitative estimate of drug-likeness (QED) is 0.590. The lowest BCUT2D eigenvalue weighted by Crippen LogP contribution is -2.32. The third-order valence-corrected chi connectivity index (χ3v) is 5.08. The first-order valence-corrected chi connectivity index (χ1v) is 7.28. The first kappa shape index (κ1) is 11.4. The van der Waals surface area contributed by atoms with E-state index in [4.69, 9.17) is 0 Å². The van der Waals surface area contributed by atoms with Crippen molar-refractivity contribution in [1.29, 1.82) is 0 Å². The number of nitrogens with zero attached hydrogens (tertiary/aromatic N) is 1. The molecule has 1 aromatic rings. The Kier molecular flexibility index (Phi) is 2.28. The zero-order valence-corrected chi connectivity index (χ0v) is 11.7. The van der Waals surface area contributed by atoms with Crippen molar-refractivity contribution in [2.75, 3.05) is 4.90 Å². The fraction of sp³-hybridized carbons (Fsp3) is 0.333. The molecular formula is C15H12BrNO2. The van der Waals surface area contributed by atoms with Gasteiger partial charge in [0.1, 0.15) is 0 Å². The lowest BCUT2D eigenvalue weighted by Gasteiger charge is -2.17. The number of rotatable bonds is 1. The van der Waals surface area contributed by atoms with Crippen molar-refractivity contribution in [1.82, 2.24) is 0 Å². The summed E-state index contributed by atoms with van der Waals surface area (Å²) < 4.78 is 0.942. The fourth-order valence-electron chi connectivity index (χ4n) is 3.75. The van der Waals surface area contributed by atoms with Gasteiger partial charge in [0.15, 0.2) is 0 Å². The van der Waals surface area contributed by atoms with E-state index in [1.165, 1.54) is 4.90 Å². The summed E-state index contributed by atoms with van der Waals surface area (Å²) in [5, 5.41) is 0. The summed E-state index contributed by atoms with van der Waals surface area (Å²) in [5.41, 5.74) is 0.687. The van der Waals surface area contributed by atoms with E-state index in [1.807, 2.05) is 24.3 Å². The van der Waals surface area contributed by atoms with Crippen molar-refractivity contribution < 1.29 is 9.59 Å². The zero-order chi connectivity index (χ0) is 13.1. The maximum Gasteiger partial charge on any atom is 0.238 e. The van der Waals surface area contributed by atoms with Gasteiger partial charge >= 0.3 is 0 Å². The Balaban J connectivity index is 1.74. The Bertz CT molecular complexity index is 577. The van der Waals surface area contributed by atoms with Crippen molar-refractivity contribution >= 4 is 33.4 Å². The van der Waals surface area contributed by atoms with Gasteiger partial charge in [0.25, 0.3) is 0 Å². The van der Waals surface area contributed by atoms with Crippen molar-refractivity contribution in [2.24, 2.45) is 23.7 Å². The Morgan fingerprint density at radius 3 is 2.00 bits per heavy atom. The molecule has 19 heavy (non-hydrogen) atoms. The van der Waals surface area contributed by atoms with Gasteiger partial charge in [0.2, 0.25) is 11.8 Å². The molecule has 1 heterocycles. The van der Waals surface area contributed by atoms with Crippen molar-refractivity contribution in [3.05, 3.63) is 40.9 Å². The molecular weight excluding hydrogens is 306 g/mol. The maximum atomic E-state index is 12.5. The molecule has 0 N–H and O–H groups in total. The number of benzene rings is 1. The van der Waals surface area contributed by atoms with Crippen molar-refractivity contribution in [3.8, 4) is 0 Å². The number of amides is 2. The molecule has 96 valence electrons. The van der Waals surface area contributed by atoms with Gasteiger partial charge < -0.3 is 0 Å². The van der Waals surface area contributed by atoms with E-state index in [0.717, 1.165) is 10.9 Å². The first-order valence-electron chi connectivity index (χ1n) is 6.48. The van der Waals surface area contributed by atoms with Gasteiger partial charge in [0.05, 0.1) is 17.5 Å². The average Bonchev–Trinajstić information content (AvgIpc) is 3.06. The average molecular weight is 318 g/mol. The normalized spacial score (nSPS) is 35.3. The van der Waals surface area contributed by atoms with E-state index >= 15 is 0 Å². The highest BCUT2D eigenvalue weighted by Gasteiger charge is 2.59. The predicted octanol–water partition coefficient (Wildman–Crippen LogP) is 2.76. The van der Waals surface area contributed by atoms with E-state index in [0.29, 0.717) is 5.69 Å². The van der Waals surface area contributed by atoms with Crippen LogP contribution in [0, 0.1) is 23.7 Å². The Labute approximate surface area is 119 Å². The summed E-state index contributed by atoms with van der Waals surface area (Å²) in [5.74, 6) is 0.263. The van der Waals surface area contributed by atoms with Gasteiger partial charge in [-0.15, -0.1) is 0 Å². The predicted molar refractivity (Wildman–Crippen MR) is 74.4 cm³/mol. The second-order valence-electron chi connectivity index (χ2n) is 5.49. The second-order valence-corrected chi connectivity index (χ2v) is 6.40. The maximum absolute atomic E-state index is 12.5. The van der Waals surface area contributed by atoms with Crippen LogP contribution in [0.1, 0.15) is 6.42 Å². The molecule has 2 amide bonds. The molecule has 1 saturated carbocycles. The summed E-state index contributed by atoms with van der Waals surface area (Å²) in [6.45, 7) is 0. The minimum atomic E-state index is -0.119. The van der Waals surface area contributed by atoms with Gasteiger partial charge in [-0.25, -0.2) is 0 Å². The SMILES string of the molecule is O=C1[C@H]2[C@H](C(=O)N1c1ccc(Br)cc1)[C@@H]1C=C[C@@H]2C1. The van der Waals surface area contributed by atoms with E-state index in [9.17, 15) is 9.59 Å². The second kappa shape index (κ2) is 3.79. The van der Waals surface area contributed by atoms with E-state index in [1.54, 1.807) is 0 Å². The highest BCUT2D eigenvalue weighted by Crippen LogP contribution is 2.53. The van der Waals surface area contributed by atoms with Crippen LogP contribution >= 0.6 is 15.9 Å². The molecule has 2 aliphatic carbocycles. The summed E-state index contributed by atoms with van der Waals surface area (Å²) in [6.07, 6.45) is 5.20. The Morgan fingerprint density at radius 2 is 1.47 bits per heavy atom. The number of carbonyl (C=O) groups is 2. The van der Waals surface area contributed by atoms with Crippen LogP contribution in [0.15, 0.2) is 40.9 Å². The fourth-order valence-corrected chi connectivity index (χ4v) is 4.01. The molecule has 0 radical (unpaired) electrons. The summed E-state index contributed by atoms with van der Waals surface area (Å²) >= 11 is 3.36. The molecule has 3 aliphatic rings. The van der Waals surface area contributed by atoms with Gasteiger partial charge in [-0.05, 0) is 42.5 Å². The largest absolute Gasteiger partial charge is 0.274 e. The lowest BCUT2D eigenvalue weighted by molar-refractivity contribution is -0.123. The van der Waals surface area contributed by atoms with Crippen molar-refractivity contribution in [2.45, 2.75) is 6.42 Å². The number of fused-ring (bicyclic) bond motifs is 5. The summed E-state index contributed by atoms with van der Waals surface area (Å²) in [6, 6.07) is 7.35. The summed E-state index contributed by atoms with van der Waals surface area (Å²) in [4.78, 5) is 26.4. The minimum absolute atomic E-state index is 0.0193. The first-order chi connectivity index (χ1) is 9.16. The number of anilines is 1.